The topological polar surface area (TPSA) is 108 Å². The molecule has 4 heterocycles. The van der Waals surface area contributed by atoms with Gasteiger partial charge in [-0.2, -0.15) is 0 Å². The summed E-state index contributed by atoms with van der Waals surface area (Å²) < 4.78 is 7.91. The summed E-state index contributed by atoms with van der Waals surface area (Å²) in [6.07, 6.45) is 1.16. The third-order valence-electron chi connectivity index (χ3n) is 7.71. The van der Waals surface area contributed by atoms with Crippen LogP contribution >= 0.6 is 0 Å². The third-order valence-corrected chi connectivity index (χ3v) is 7.71. The van der Waals surface area contributed by atoms with Crippen molar-refractivity contribution >= 4 is 22.1 Å². The van der Waals surface area contributed by atoms with Gasteiger partial charge < -0.3 is 20.4 Å². The zero-order valence-corrected chi connectivity index (χ0v) is 20.9. The average Bonchev–Trinajstić information content (AvgIpc) is 3.79. The number of benzene rings is 4. The quantitative estimate of drug-likeness (QED) is 0.246. The van der Waals surface area contributed by atoms with Gasteiger partial charge in [-0.05, 0) is 60.4 Å². The number of nitrogens with zero attached hydrogens (tertiary/aromatic N) is 6. The highest BCUT2D eigenvalue weighted by Crippen LogP contribution is 2.38. The lowest BCUT2D eigenvalue weighted by molar-refractivity contribution is 0.299. The molecule has 0 saturated carbocycles. The van der Waals surface area contributed by atoms with Gasteiger partial charge in [-0.15, -0.1) is 28.1 Å². The van der Waals surface area contributed by atoms with Crippen LogP contribution in [0.4, 0.5) is 0 Å². The SMILES string of the molecule is OCCc1cc(Cc2cc(CCO)cc(-n3n4c5ccccc5n34)c2O)c(O)c(-n2n3c4ccccc4n23)c1. The Kier molecular flexibility index (Phi) is 4.47. The molecule has 0 radical (unpaired) electrons. The Morgan fingerprint density at radius 1 is 0.513 bits per heavy atom. The van der Waals surface area contributed by atoms with Gasteiger partial charge in [0.1, 0.15) is 44.9 Å². The second kappa shape index (κ2) is 7.85. The molecular formula is C29H26N6O4. The largest absolute Gasteiger partial charge is 0.505 e. The fourth-order valence-corrected chi connectivity index (χ4v) is 5.81. The minimum absolute atomic E-state index is 0.0140. The fourth-order valence-electron chi connectivity index (χ4n) is 5.81. The van der Waals surface area contributed by atoms with Crippen molar-refractivity contribution in [3.63, 3.8) is 0 Å². The molecule has 8 rings (SSSR count). The molecule has 0 fully saturated rings. The van der Waals surface area contributed by atoms with E-state index < -0.39 is 0 Å². The van der Waals surface area contributed by atoms with Crippen molar-refractivity contribution in [2.24, 2.45) is 0 Å². The van der Waals surface area contributed by atoms with Crippen LogP contribution in [0.3, 0.4) is 0 Å². The molecule has 0 amide bonds. The molecule has 0 aliphatic heterocycles. The number of phenols is 2. The van der Waals surface area contributed by atoms with Gasteiger partial charge in [0.2, 0.25) is 0 Å². The van der Waals surface area contributed by atoms with E-state index in [0.29, 0.717) is 35.3 Å². The molecule has 39 heavy (non-hydrogen) atoms. The molecule has 0 unspecified atom stereocenters. The predicted octanol–water partition coefficient (Wildman–Crippen LogP) is 3.23. The lowest BCUT2D eigenvalue weighted by Crippen LogP contribution is -2.02. The van der Waals surface area contributed by atoms with Gasteiger partial charge in [-0.1, -0.05) is 36.4 Å². The second-order valence-electron chi connectivity index (χ2n) is 10.1. The third kappa shape index (κ3) is 3.03. The average molecular weight is 523 g/mol. The summed E-state index contributed by atoms with van der Waals surface area (Å²) in [5.74, 6) is 0.245. The van der Waals surface area contributed by atoms with Crippen LogP contribution < -0.4 is 0 Å². The number of aliphatic hydroxyl groups excluding tert-OH is 2. The van der Waals surface area contributed by atoms with Crippen LogP contribution in [0.25, 0.3) is 33.4 Å². The Labute approximate surface area is 221 Å². The van der Waals surface area contributed by atoms with E-state index in [1.54, 1.807) is 0 Å². The molecule has 8 aromatic rings. The summed E-state index contributed by atoms with van der Waals surface area (Å²) in [6, 6.07) is 23.6. The molecule has 4 N–H and O–H groups in total. The minimum Gasteiger partial charge on any atom is -0.505 e. The van der Waals surface area contributed by atoms with E-state index in [2.05, 4.69) is 0 Å². The number of aromatic nitrogens is 6. The highest BCUT2D eigenvalue weighted by molar-refractivity contribution is 5.80. The van der Waals surface area contributed by atoms with E-state index >= 15 is 0 Å². The first kappa shape index (κ1) is 22.2. The lowest BCUT2D eigenvalue weighted by atomic mass is 9.96. The molecule has 0 bridgehead atoms. The van der Waals surface area contributed by atoms with E-state index in [1.807, 2.05) is 101 Å². The number of para-hydroxylation sites is 4. The van der Waals surface area contributed by atoms with Crippen LogP contribution in [-0.4, -0.2) is 61.8 Å². The number of fused-ring (bicyclic) bond motifs is 8. The molecule has 0 atom stereocenters. The molecule has 0 saturated heterocycles. The first-order chi connectivity index (χ1) is 19.1. The molecule has 0 aliphatic carbocycles. The fraction of sp³-hybridized carbons (Fsp3) is 0.172. The van der Waals surface area contributed by atoms with Crippen molar-refractivity contribution in [3.05, 3.63) is 95.1 Å². The van der Waals surface area contributed by atoms with E-state index in [-0.39, 0.29) is 31.1 Å². The van der Waals surface area contributed by atoms with Gasteiger partial charge in [-0.3, -0.25) is 0 Å². The summed E-state index contributed by atoms with van der Waals surface area (Å²) in [6.45, 7) is -0.0280. The monoisotopic (exact) mass is 522 g/mol. The Morgan fingerprint density at radius 3 is 1.21 bits per heavy atom. The molecule has 196 valence electrons. The van der Waals surface area contributed by atoms with Crippen LogP contribution in [0, 0.1) is 0 Å². The number of hydrogen-bond acceptors (Lipinski definition) is 4. The smallest absolute Gasteiger partial charge is 0.146 e. The normalized spacial score (nSPS) is 12.6. The van der Waals surface area contributed by atoms with Crippen molar-refractivity contribution in [2.45, 2.75) is 19.3 Å². The molecule has 4 aromatic carbocycles. The maximum atomic E-state index is 11.5. The van der Waals surface area contributed by atoms with Gasteiger partial charge in [-0.25, -0.2) is 0 Å². The summed E-state index contributed by atoms with van der Waals surface area (Å²) in [7, 11) is 0. The van der Waals surface area contributed by atoms with Crippen LogP contribution in [0.2, 0.25) is 0 Å². The minimum atomic E-state index is -0.0140. The zero-order valence-electron chi connectivity index (χ0n) is 20.9. The number of rotatable bonds is 8. The predicted molar refractivity (Wildman–Crippen MR) is 145 cm³/mol. The zero-order chi connectivity index (χ0) is 26.4. The molecule has 10 nitrogen and oxygen atoms in total. The van der Waals surface area contributed by atoms with Crippen molar-refractivity contribution in [2.75, 3.05) is 13.2 Å². The molecule has 4 aromatic heterocycles. The summed E-state index contributed by atoms with van der Waals surface area (Å²) in [5.41, 5.74) is 8.55. The highest BCUT2D eigenvalue weighted by atomic mass is 16.3. The van der Waals surface area contributed by atoms with Crippen LogP contribution in [0.15, 0.2) is 72.8 Å². The van der Waals surface area contributed by atoms with E-state index in [4.69, 9.17) is 0 Å². The first-order valence-electron chi connectivity index (χ1n) is 13.0. The Morgan fingerprint density at radius 2 is 0.872 bits per heavy atom. The van der Waals surface area contributed by atoms with Crippen molar-refractivity contribution < 1.29 is 20.4 Å². The number of hydrogen-bond donors (Lipinski definition) is 4. The van der Waals surface area contributed by atoms with Crippen molar-refractivity contribution in [1.29, 1.82) is 0 Å². The van der Waals surface area contributed by atoms with E-state index in [9.17, 15) is 20.4 Å². The molecular weight excluding hydrogens is 496 g/mol. The van der Waals surface area contributed by atoms with Crippen molar-refractivity contribution in [1.82, 2.24) is 28.1 Å². The van der Waals surface area contributed by atoms with Gasteiger partial charge in [0.25, 0.3) is 0 Å². The highest BCUT2D eigenvalue weighted by Gasteiger charge is 2.29. The van der Waals surface area contributed by atoms with Gasteiger partial charge in [0.05, 0.1) is 0 Å². The lowest BCUT2D eigenvalue weighted by Gasteiger charge is -2.14. The Hall–Kier alpha value is -4.80. The van der Waals surface area contributed by atoms with Crippen molar-refractivity contribution in [3.8, 4) is 22.9 Å². The number of aliphatic hydroxyl groups is 2. The molecule has 0 spiro atoms. The maximum Gasteiger partial charge on any atom is 0.146 e. The maximum absolute atomic E-state index is 11.5. The van der Waals surface area contributed by atoms with E-state index in [1.165, 1.54) is 0 Å². The van der Waals surface area contributed by atoms with E-state index in [0.717, 1.165) is 33.2 Å². The van der Waals surface area contributed by atoms with Gasteiger partial charge in [0, 0.05) is 30.8 Å². The molecule has 0 aliphatic rings. The standard InChI is InChI=1S/C29H26N6O4/c36-11-9-18-13-20(28(38)26(15-18)34-30-22-5-1-2-6-23(22)31(30)34)17-21-14-19(10-12-37)16-27(29(21)39)35-32-24-7-3-4-8-25(24)33(32)35/h1-8,13-16,36-39H,9-12,17H2. The number of aromatic hydroxyl groups is 2. The first-order valence-corrected chi connectivity index (χ1v) is 13.0. The van der Waals surface area contributed by atoms with Gasteiger partial charge in [0.15, 0.2) is 0 Å². The van der Waals surface area contributed by atoms with Gasteiger partial charge >= 0.3 is 0 Å². The Bertz CT molecular complexity index is 1880. The Balaban J connectivity index is 1.24. The second-order valence-corrected chi connectivity index (χ2v) is 10.1. The van der Waals surface area contributed by atoms with Crippen LogP contribution in [-0.2, 0) is 19.3 Å². The van der Waals surface area contributed by atoms with Crippen LogP contribution in [0.1, 0.15) is 22.3 Å². The summed E-state index contributed by atoms with van der Waals surface area (Å²) >= 11 is 0. The summed E-state index contributed by atoms with van der Waals surface area (Å²) in [5, 5.41) is 42.3. The molecule has 10 heteroatoms. The number of phenolic OH excluding ortho intramolecular Hbond substituents is 2. The summed E-state index contributed by atoms with van der Waals surface area (Å²) in [4.78, 5) is 3.81. The van der Waals surface area contributed by atoms with Crippen LogP contribution in [0.5, 0.6) is 11.5 Å².